The highest BCUT2D eigenvalue weighted by Gasteiger charge is 2.31. The van der Waals surface area contributed by atoms with Crippen molar-refractivity contribution in [1.29, 1.82) is 0 Å². The Morgan fingerprint density at radius 2 is 1.73 bits per heavy atom. The number of nitrogens with zero attached hydrogens (tertiary/aromatic N) is 3. The number of aliphatic hydroxyl groups excluding tert-OH is 1. The van der Waals surface area contributed by atoms with Gasteiger partial charge in [0.15, 0.2) is 6.35 Å². The quantitative estimate of drug-likeness (QED) is 0.544. The van der Waals surface area contributed by atoms with E-state index in [1.807, 2.05) is 11.8 Å². The summed E-state index contributed by atoms with van der Waals surface area (Å²) in [6.45, 7) is 14.6. The van der Waals surface area contributed by atoms with Gasteiger partial charge < -0.3 is 20.2 Å². The average Bonchev–Trinajstić information content (AvgIpc) is 3.33. The van der Waals surface area contributed by atoms with E-state index in [9.17, 15) is 5.11 Å². The SMILES string of the molecule is C=C(C)c1ccc(N2CCN(C(O)NC3=C(Cl)C(C)C(CN4CCCC4)C=C3Cl)CC2)cc1. The van der Waals surface area contributed by atoms with Crippen molar-refractivity contribution in [3.63, 3.8) is 0 Å². The van der Waals surface area contributed by atoms with E-state index in [0.29, 0.717) is 21.7 Å². The lowest BCUT2D eigenvalue weighted by molar-refractivity contribution is -0.0173. The number of likely N-dealkylation sites (tertiary alicyclic amines) is 1. The largest absolute Gasteiger partial charge is 0.369 e. The number of benzene rings is 1. The molecule has 33 heavy (non-hydrogen) atoms. The maximum absolute atomic E-state index is 10.9. The molecule has 0 aromatic heterocycles. The molecule has 1 aromatic carbocycles. The highest BCUT2D eigenvalue weighted by molar-refractivity contribution is 6.36. The number of halogens is 2. The van der Waals surface area contributed by atoms with Gasteiger partial charge in [0.05, 0.1) is 10.7 Å². The van der Waals surface area contributed by atoms with Gasteiger partial charge in [-0.05, 0) is 56.5 Å². The number of nitrogens with one attached hydrogen (secondary N) is 1. The third-order valence-electron chi connectivity index (χ3n) is 7.21. The molecular formula is C26H36Cl2N4O. The summed E-state index contributed by atoms with van der Waals surface area (Å²) in [7, 11) is 0. The molecule has 4 rings (SSSR count). The van der Waals surface area contributed by atoms with Crippen LogP contribution in [0.4, 0.5) is 5.69 Å². The molecule has 2 saturated heterocycles. The smallest absolute Gasteiger partial charge is 0.184 e. The highest BCUT2D eigenvalue weighted by atomic mass is 35.5. The molecule has 2 fully saturated rings. The van der Waals surface area contributed by atoms with Gasteiger partial charge in [0.25, 0.3) is 0 Å². The van der Waals surface area contributed by atoms with E-state index < -0.39 is 6.35 Å². The molecule has 3 aliphatic rings. The van der Waals surface area contributed by atoms with Crippen LogP contribution in [-0.4, -0.2) is 67.1 Å². The van der Waals surface area contributed by atoms with Crippen LogP contribution in [0, 0.1) is 11.8 Å². The normalized spacial score (nSPS) is 25.8. The maximum Gasteiger partial charge on any atom is 0.184 e. The van der Waals surface area contributed by atoms with Crippen molar-refractivity contribution >= 4 is 34.5 Å². The molecular weight excluding hydrogens is 455 g/mol. The van der Waals surface area contributed by atoms with E-state index in [1.165, 1.54) is 18.5 Å². The predicted molar refractivity (Wildman–Crippen MR) is 139 cm³/mol. The van der Waals surface area contributed by atoms with Gasteiger partial charge in [-0.25, -0.2) is 0 Å². The summed E-state index contributed by atoms with van der Waals surface area (Å²) >= 11 is 13.4. The Morgan fingerprint density at radius 1 is 1.09 bits per heavy atom. The zero-order chi connectivity index (χ0) is 23.5. The zero-order valence-electron chi connectivity index (χ0n) is 19.7. The second-order valence-corrected chi connectivity index (χ2v) is 10.4. The molecule has 5 nitrogen and oxygen atoms in total. The Bertz CT molecular complexity index is 899. The molecule has 0 bridgehead atoms. The molecule has 0 radical (unpaired) electrons. The van der Waals surface area contributed by atoms with Crippen molar-refractivity contribution in [2.75, 3.05) is 50.7 Å². The van der Waals surface area contributed by atoms with Gasteiger partial charge in [0, 0.05) is 49.4 Å². The third kappa shape index (κ3) is 5.77. The number of rotatable bonds is 7. The van der Waals surface area contributed by atoms with Crippen molar-refractivity contribution in [3.8, 4) is 0 Å². The lowest BCUT2D eigenvalue weighted by atomic mass is 9.88. The van der Waals surface area contributed by atoms with Crippen molar-refractivity contribution in [2.45, 2.75) is 33.0 Å². The fraction of sp³-hybridized carbons (Fsp3) is 0.538. The van der Waals surface area contributed by atoms with Crippen LogP contribution in [0.3, 0.4) is 0 Å². The second-order valence-electron chi connectivity index (χ2n) is 9.57. The number of aliphatic hydroxyl groups is 1. The van der Waals surface area contributed by atoms with Gasteiger partial charge in [0.2, 0.25) is 0 Å². The number of hydrogen-bond donors (Lipinski definition) is 2. The topological polar surface area (TPSA) is 42.0 Å². The van der Waals surface area contributed by atoms with E-state index >= 15 is 0 Å². The Labute approximate surface area is 208 Å². The first-order chi connectivity index (χ1) is 15.8. The molecule has 0 spiro atoms. The summed E-state index contributed by atoms with van der Waals surface area (Å²) in [4.78, 5) is 6.86. The molecule has 7 heteroatoms. The van der Waals surface area contributed by atoms with Gasteiger partial charge >= 0.3 is 0 Å². The van der Waals surface area contributed by atoms with Gasteiger partial charge in [-0.3, -0.25) is 4.90 Å². The molecule has 180 valence electrons. The van der Waals surface area contributed by atoms with Crippen molar-refractivity contribution in [2.24, 2.45) is 11.8 Å². The first-order valence-electron chi connectivity index (χ1n) is 12.0. The number of allylic oxidation sites excluding steroid dienone is 3. The number of hydrogen-bond acceptors (Lipinski definition) is 5. The average molecular weight is 492 g/mol. The standard InChI is InChI=1S/C26H36Cl2N4O/c1-18(2)20-6-8-22(9-7-20)31-12-14-32(15-13-31)26(33)29-25-23(27)16-21(19(3)24(25)28)17-30-10-4-5-11-30/h6-9,16,19,21,26,29,33H,1,4-5,10-15,17H2,2-3H3. The molecule has 2 heterocycles. The first-order valence-corrected chi connectivity index (χ1v) is 12.8. The van der Waals surface area contributed by atoms with Crippen molar-refractivity contribution in [1.82, 2.24) is 15.1 Å². The monoisotopic (exact) mass is 490 g/mol. The van der Waals surface area contributed by atoms with Gasteiger partial charge in [-0.1, -0.05) is 60.5 Å². The van der Waals surface area contributed by atoms with Gasteiger partial charge in [-0.15, -0.1) is 0 Å². The predicted octanol–water partition coefficient (Wildman–Crippen LogP) is 4.64. The van der Waals surface area contributed by atoms with E-state index in [1.54, 1.807) is 0 Å². The minimum Gasteiger partial charge on any atom is -0.369 e. The van der Waals surface area contributed by atoms with Crippen LogP contribution >= 0.6 is 23.2 Å². The second kappa shape index (κ2) is 10.8. The Hall–Kier alpha value is -1.50. The lowest BCUT2D eigenvalue weighted by Crippen LogP contribution is -2.55. The molecule has 2 N–H and O–H groups in total. The summed E-state index contributed by atoms with van der Waals surface area (Å²) in [6.07, 6.45) is 3.83. The van der Waals surface area contributed by atoms with Crippen LogP contribution in [0.1, 0.15) is 32.3 Å². The van der Waals surface area contributed by atoms with E-state index in [2.05, 4.69) is 59.0 Å². The molecule has 0 amide bonds. The zero-order valence-corrected chi connectivity index (χ0v) is 21.2. The number of anilines is 1. The van der Waals surface area contributed by atoms with Crippen LogP contribution in [0.2, 0.25) is 0 Å². The van der Waals surface area contributed by atoms with Crippen LogP contribution in [-0.2, 0) is 0 Å². The summed E-state index contributed by atoms with van der Waals surface area (Å²) in [5.74, 6) is 0.467. The minimum absolute atomic E-state index is 0.170. The third-order valence-corrected chi connectivity index (χ3v) is 8.05. The van der Waals surface area contributed by atoms with Gasteiger partial charge in [-0.2, -0.15) is 0 Å². The Kier molecular flexibility index (Phi) is 8.08. The molecule has 2 aliphatic heterocycles. The van der Waals surface area contributed by atoms with E-state index in [4.69, 9.17) is 23.2 Å². The number of piperazine rings is 1. The lowest BCUT2D eigenvalue weighted by Gasteiger charge is -2.39. The molecule has 3 unspecified atom stereocenters. The van der Waals surface area contributed by atoms with Crippen LogP contribution in [0.15, 0.2) is 52.7 Å². The molecule has 1 aromatic rings. The molecule has 3 atom stereocenters. The van der Waals surface area contributed by atoms with Crippen molar-refractivity contribution < 1.29 is 5.11 Å². The van der Waals surface area contributed by atoms with Crippen LogP contribution in [0.5, 0.6) is 0 Å². The van der Waals surface area contributed by atoms with Crippen LogP contribution in [0.25, 0.3) is 5.57 Å². The summed E-state index contributed by atoms with van der Waals surface area (Å²) in [5.41, 5.74) is 4.09. The summed E-state index contributed by atoms with van der Waals surface area (Å²) in [5, 5.41) is 15.4. The van der Waals surface area contributed by atoms with Crippen LogP contribution < -0.4 is 10.2 Å². The minimum atomic E-state index is -0.828. The Morgan fingerprint density at radius 3 is 2.33 bits per heavy atom. The highest BCUT2D eigenvalue weighted by Crippen LogP contribution is 2.37. The fourth-order valence-electron chi connectivity index (χ4n) is 4.96. The Balaban J connectivity index is 1.32. The summed E-state index contributed by atoms with van der Waals surface area (Å²) < 4.78 is 0. The fourth-order valence-corrected chi connectivity index (χ4v) is 5.64. The molecule has 0 saturated carbocycles. The maximum atomic E-state index is 10.9. The van der Waals surface area contributed by atoms with E-state index in [0.717, 1.165) is 56.9 Å². The van der Waals surface area contributed by atoms with E-state index in [-0.39, 0.29) is 5.92 Å². The summed E-state index contributed by atoms with van der Waals surface area (Å²) in [6, 6.07) is 8.52. The first kappa shape index (κ1) is 24.6. The molecule has 1 aliphatic carbocycles. The van der Waals surface area contributed by atoms with Crippen molar-refractivity contribution in [3.05, 3.63) is 58.2 Å². The van der Waals surface area contributed by atoms with Gasteiger partial charge in [0.1, 0.15) is 0 Å².